The highest BCUT2D eigenvalue weighted by atomic mass is 35.5. The average molecular weight is 221 g/mol. The Morgan fingerprint density at radius 2 is 2.33 bits per heavy atom. The molecule has 0 saturated heterocycles. The van der Waals surface area contributed by atoms with Crippen molar-refractivity contribution in [3.63, 3.8) is 0 Å². The number of halogens is 1. The minimum atomic E-state index is 0.406. The molecule has 0 saturated carbocycles. The highest BCUT2D eigenvalue weighted by Crippen LogP contribution is 2.29. The van der Waals surface area contributed by atoms with Crippen molar-refractivity contribution in [1.29, 1.82) is 0 Å². The van der Waals surface area contributed by atoms with E-state index in [1.807, 2.05) is 0 Å². The van der Waals surface area contributed by atoms with E-state index in [0.717, 1.165) is 0 Å². The summed E-state index contributed by atoms with van der Waals surface area (Å²) >= 11 is 5.98. The van der Waals surface area contributed by atoms with Gasteiger partial charge >= 0.3 is 0 Å². The van der Waals surface area contributed by atoms with Gasteiger partial charge < -0.3 is 0 Å². The highest BCUT2D eigenvalue weighted by Gasteiger charge is 2.08. The van der Waals surface area contributed by atoms with Gasteiger partial charge in [0, 0.05) is 0 Å². The Balaban J connectivity index is 2.68. The normalized spacial score (nSPS) is 9.67. The SMILES string of the molecule is O=C=Nc1cccc(Cl)c1-n1cncn1. The second kappa shape index (κ2) is 4.04. The molecular weight excluding hydrogens is 216 g/mol. The number of nitrogens with zero attached hydrogens (tertiary/aromatic N) is 4. The van der Waals surface area contributed by atoms with E-state index in [-0.39, 0.29) is 0 Å². The summed E-state index contributed by atoms with van der Waals surface area (Å²) < 4.78 is 1.44. The molecule has 0 aliphatic carbocycles. The zero-order valence-corrected chi connectivity index (χ0v) is 8.22. The van der Waals surface area contributed by atoms with Crippen molar-refractivity contribution in [2.24, 2.45) is 4.99 Å². The predicted octanol–water partition coefficient (Wildman–Crippen LogP) is 1.89. The third-order valence-corrected chi connectivity index (χ3v) is 2.08. The molecule has 0 fully saturated rings. The van der Waals surface area contributed by atoms with Crippen molar-refractivity contribution >= 4 is 23.4 Å². The van der Waals surface area contributed by atoms with Gasteiger partial charge in [-0.2, -0.15) is 10.1 Å². The van der Waals surface area contributed by atoms with Crippen molar-refractivity contribution in [2.75, 3.05) is 0 Å². The van der Waals surface area contributed by atoms with Gasteiger partial charge in [0.05, 0.1) is 5.02 Å². The fourth-order valence-corrected chi connectivity index (χ4v) is 1.45. The van der Waals surface area contributed by atoms with Gasteiger partial charge in [-0.05, 0) is 12.1 Å². The molecule has 1 aromatic heterocycles. The standard InChI is InChI=1S/C9H5ClN4O/c10-7-2-1-3-8(12-6-15)9(7)14-5-11-4-13-14/h1-5H. The van der Waals surface area contributed by atoms with Gasteiger partial charge in [-0.15, -0.1) is 0 Å². The van der Waals surface area contributed by atoms with Gasteiger partial charge in [0.15, 0.2) is 0 Å². The van der Waals surface area contributed by atoms with Crippen LogP contribution in [-0.4, -0.2) is 20.8 Å². The van der Waals surface area contributed by atoms with Gasteiger partial charge in [0.1, 0.15) is 24.0 Å². The van der Waals surface area contributed by atoms with Crippen LogP contribution < -0.4 is 0 Å². The molecule has 6 heteroatoms. The summed E-state index contributed by atoms with van der Waals surface area (Å²) in [4.78, 5) is 17.6. The third-order valence-electron chi connectivity index (χ3n) is 1.78. The van der Waals surface area contributed by atoms with E-state index in [1.165, 1.54) is 23.4 Å². The van der Waals surface area contributed by atoms with Crippen LogP contribution in [0.5, 0.6) is 0 Å². The van der Waals surface area contributed by atoms with Gasteiger partial charge in [-0.25, -0.2) is 14.5 Å². The number of isocyanates is 1. The molecule has 2 rings (SSSR count). The Labute approximate surface area is 90.0 Å². The quantitative estimate of drug-likeness (QED) is 0.574. The Morgan fingerprint density at radius 1 is 1.47 bits per heavy atom. The molecule has 0 aliphatic heterocycles. The first-order valence-electron chi connectivity index (χ1n) is 4.04. The van der Waals surface area contributed by atoms with E-state index in [9.17, 15) is 4.79 Å². The lowest BCUT2D eigenvalue weighted by molar-refractivity contribution is 0.565. The summed E-state index contributed by atoms with van der Waals surface area (Å²) in [6, 6.07) is 5.02. The van der Waals surface area contributed by atoms with Crippen molar-refractivity contribution in [2.45, 2.75) is 0 Å². The molecule has 0 radical (unpaired) electrons. The zero-order valence-electron chi connectivity index (χ0n) is 7.46. The number of rotatable bonds is 2. The number of aliphatic imine (C=N–C) groups is 1. The molecule has 1 aromatic carbocycles. The maximum absolute atomic E-state index is 10.2. The summed E-state index contributed by atoms with van der Waals surface area (Å²) in [7, 11) is 0. The Bertz CT molecular complexity index is 517. The van der Waals surface area contributed by atoms with E-state index >= 15 is 0 Å². The predicted molar refractivity (Wildman–Crippen MR) is 54.2 cm³/mol. The molecule has 15 heavy (non-hydrogen) atoms. The van der Waals surface area contributed by atoms with E-state index in [0.29, 0.717) is 16.4 Å². The second-order valence-corrected chi connectivity index (χ2v) is 3.06. The summed E-state index contributed by atoms with van der Waals surface area (Å²) in [6.45, 7) is 0. The van der Waals surface area contributed by atoms with Crippen molar-refractivity contribution in [3.05, 3.63) is 35.9 Å². The van der Waals surface area contributed by atoms with Crippen LogP contribution in [0.3, 0.4) is 0 Å². The molecule has 0 aliphatic rings. The first-order valence-corrected chi connectivity index (χ1v) is 4.42. The average Bonchev–Trinajstić information content (AvgIpc) is 2.71. The Hall–Kier alpha value is -1.97. The van der Waals surface area contributed by atoms with Crippen LogP contribution in [0.25, 0.3) is 5.69 Å². The van der Waals surface area contributed by atoms with E-state index < -0.39 is 0 Å². The van der Waals surface area contributed by atoms with E-state index in [4.69, 9.17) is 11.6 Å². The molecule has 0 amide bonds. The Morgan fingerprint density at radius 3 is 3.00 bits per heavy atom. The monoisotopic (exact) mass is 220 g/mol. The zero-order chi connectivity index (χ0) is 10.7. The lowest BCUT2D eigenvalue weighted by Crippen LogP contribution is -1.95. The van der Waals surface area contributed by atoms with Gasteiger partial charge in [-0.3, -0.25) is 0 Å². The van der Waals surface area contributed by atoms with Crippen LogP contribution in [0.4, 0.5) is 5.69 Å². The van der Waals surface area contributed by atoms with Crippen molar-refractivity contribution in [1.82, 2.24) is 14.8 Å². The maximum Gasteiger partial charge on any atom is 0.240 e. The number of aromatic nitrogens is 3. The van der Waals surface area contributed by atoms with Gasteiger partial charge in [-0.1, -0.05) is 17.7 Å². The summed E-state index contributed by atoms with van der Waals surface area (Å²) in [6.07, 6.45) is 4.32. The van der Waals surface area contributed by atoms with Crippen LogP contribution in [0, 0.1) is 0 Å². The fraction of sp³-hybridized carbons (Fsp3) is 0. The minimum absolute atomic E-state index is 0.406. The first-order chi connectivity index (χ1) is 7.33. The lowest BCUT2D eigenvalue weighted by Gasteiger charge is -2.05. The van der Waals surface area contributed by atoms with Crippen molar-refractivity contribution < 1.29 is 4.79 Å². The summed E-state index contributed by atoms with van der Waals surface area (Å²) in [5.74, 6) is 0. The molecule has 2 aromatic rings. The largest absolute Gasteiger partial charge is 0.240 e. The van der Waals surface area contributed by atoms with E-state index in [1.54, 1.807) is 18.2 Å². The van der Waals surface area contributed by atoms with Crippen molar-refractivity contribution in [3.8, 4) is 5.69 Å². The van der Waals surface area contributed by atoms with Crippen LogP contribution in [0.2, 0.25) is 5.02 Å². The molecule has 0 spiro atoms. The van der Waals surface area contributed by atoms with E-state index in [2.05, 4.69) is 15.1 Å². The highest BCUT2D eigenvalue weighted by molar-refractivity contribution is 6.32. The second-order valence-electron chi connectivity index (χ2n) is 2.65. The molecule has 0 bridgehead atoms. The maximum atomic E-state index is 10.2. The van der Waals surface area contributed by atoms with Gasteiger partial charge in [0.25, 0.3) is 0 Å². The molecule has 74 valence electrons. The minimum Gasteiger partial charge on any atom is -0.223 e. The third kappa shape index (κ3) is 1.79. The summed E-state index contributed by atoms with van der Waals surface area (Å²) in [5.41, 5.74) is 0.919. The fourth-order valence-electron chi connectivity index (χ4n) is 1.19. The molecule has 5 nitrogen and oxygen atoms in total. The number of benzene rings is 1. The van der Waals surface area contributed by atoms with Crippen LogP contribution in [0.1, 0.15) is 0 Å². The topological polar surface area (TPSA) is 60.1 Å². The molecule has 1 heterocycles. The van der Waals surface area contributed by atoms with Crippen LogP contribution >= 0.6 is 11.6 Å². The number of para-hydroxylation sites is 1. The first kappa shape index (κ1) is 9.58. The van der Waals surface area contributed by atoms with Gasteiger partial charge in [0.2, 0.25) is 6.08 Å². The number of hydrogen-bond donors (Lipinski definition) is 0. The summed E-state index contributed by atoms with van der Waals surface area (Å²) in [5, 5.41) is 4.36. The number of carbonyl (C=O) groups excluding carboxylic acids is 1. The Kier molecular flexibility index (Phi) is 2.58. The number of hydrogen-bond acceptors (Lipinski definition) is 4. The molecule has 0 unspecified atom stereocenters. The smallest absolute Gasteiger partial charge is 0.223 e. The van der Waals surface area contributed by atoms with Crippen LogP contribution in [0.15, 0.2) is 35.8 Å². The molecule has 0 atom stereocenters. The lowest BCUT2D eigenvalue weighted by atomic mass is 10.2. The molecular formula is C9H5ClN4O. The molecule has 0 N–H and O–H groups in total. The van der Waals surface area contributed by atoms with Crippen LogP contribution in [-0.2, 0) is 4.79 Å².